The molecule has 5 aliphatic rings. The van der Waals surface area contributed by atoms with E-state index in [-0.39, 0.29) is 15.6 Å². The van der Waals surface area contributed by atoms with Gasteiger partial charge in [-0.1, -0.05) is 21.1 Å². The van der Waals surface area contributed by atoms with Crippen LogP contribution in [0.5, 0.6) is 0 Å². The Hall–Kier alpha value is -1.41. The maximum Gasteiger partial charge on any atom is 0.239 e. The number of nitrogens with one attached hydrogen (secondary N) is 1. The molecule has 4 bridgehead atoms. The highest BCUT2D eigenvalue weighted by Gasteiger charge is 2.60. The molecule has 5 fully saturated rings. The van der Waals surface area contributed by atoms with Crippen LogP contribution in [0.25, 0.3) is 0 Å². The van der Waals surface area contributed by atoms with Gasteiger partial charge in [-0.2, -0.15) is 0 Å². The summed E-state index contributed by atoms with van der Waals surface area (Å²) in [5.74, 6) is 2.82. The fraction of sp³-hybridized carbons (Fsp3) is 0.762. The van der Waals surface area contributed by atoms with Crippen molar-refractivity contribution in [3.63, 3.8) is 0 Å². The van der Waals surface area contributed by atoms with E-state index in [4.69, 9.17) is 4.52 Å². The van der Waals surface area contributed by atoms with Crippen LogP contribution in [-0.4, -0.2) is 63.8 Å². The van der Waals surface area contributed by atoms with Gasteiger partial charge in [-0.15, -0.1) is 0 Å². The number of nitrogens with zero attached hydrogens (tertiary/aromatic N) is 3. The molecule has 2 amide bonds. The molecule has 6 rings (SSSR count). The third kappa shape index (κ3) is 3.74. The number of hydrogen-bond acceptors (Lipinski definition) is 5. The van der Waals surface area contributed by atoms with Crippen molar-refractivity contribution in [2.45, 2.75) is 49.8 Å². The Balaban J connectivity index is 1.16. The second-order valence-corrected chi connectivity index (χ2v) is 11.5. The van der Waals surface area contributed by atoms with Crippen LogP contribution in [0.1, 0.15) is 44.3 Å². The summed E-state index contributed by atoms with van der Waals surface area (Å²) in [5, 5.41) is 6.56. The van der Waals surface area contributed by atoms with E-state index in [0.717, 1.165) is 32.4 Å². The van der Waals surface area contributed by atoms with E-state index >= 15 is 0 Å². The van der Waals surface area contributed by atoms with Gasteiger partial charge >= 0.3 is 0 Å². The number of piperazine rings is 1. The normalized spacial score (nSPS) is 36.4. The summed E-state index contributed by atoms with van der Waals surface area (Å²) in [6.07, 6.45) is 6.96. The van der Waals surface area contributed by atoms with Crippen molar-refractivity contribution in [2.24, 2.45) is 17.3 Å². The van der Waals surface area contributed by atoms with Crippen LogP contribution >= 0.6 is 15.9 Å². The summed E-state index contributed by atoms with van der Waals surface area (Å²) in [5.41, 5.74) is -0.141. The van der Waals surface area contributed by atoms with Crippen molar-refractivity contribution in [2.75, 3.05) is 38.0 Å². The van der Waals surface area contributed by atoms with Gasteiger partial charge < -0.3 is 14.7 Å². The summed E-state index contributed by atoms with van der Waals surface area (Å²) >= 11 is 4.02. The Morgan fingerprint density at radius 3 is 2.48 bits per heavy atom. The molecule has 1 aliphatic heterocycles. The highest BCUT2D eigenvalue weighted by atomic mass is 79.9. The fourth-order valence-electron chi connectivity index (χ4n) is 6.66. The van der Waals surface area contributed by atoms with Gasteiger partial charge in [-0.05, 0) is 57.3 Å². The molecule has 4 saturated carbocycles. The number of carbonyl (C=O) groups excluding carboxylic acids is 2. The number of amides is 2. The zero-order valence-corrected chi connectivity index (χ0v) is 18.5. The maximum absolute atomic E-state index is 13.6. The SMILES string of the molecule is Cc1cc(NC(=O)CN2CCN(C(=O)C34CC5CC(CC(Br)(C5)C3)C4)CC2)no1. The highest BCUT2D eigenvalue weighted by Crippen LogP contribution is 2.64. The molecular formula is C21H29BrN4O3. The topological polar surface area (TPSA) is 78.7 Å². The number of hydrogen-bond donors (Lipinski definition) is 1. The van der Waals surface area contributed by atoms with E-state index in [1.54, 1.807) is 13.0 Å². The van der Waals surface area contributed by atoms with Crippen molar-refractivity contribution in [3.05, 3.63) is 11.8 Å². The van der Waals surface area contributed by atoms with E-state index in [1.807, 2.05) is 0 Å². The third-order valence-corrected chi connectivity index (χ3v) is 8.29. The van der Waals surface area contributed by atoms with Crippen LogP contribution < -0.4 is 5.32 Å². The first kappa shape index (κ1) is 19.5. The largest absolute Gasteiger partial charge is 0.360 e. The molecular weight excluding hydrogens is 436 g/mol. The molecule has 2 atom stereocenters. The van der Waals surface area contributed by atoms with Crippen molar-refractivity contribution < 1.29 is 14.1 Å². The maximum atomic E-state index is 13.6. The van der Waals surface area contributed by atoms with Crippen LogP contribution in [0.2, 0.25) is 0 Å². The van der Waals surface area contributed by atoms with E-state index in [9.17, 15) is 9.59 Å². The number of rotatable bonds is 4. The summed E-state index contributed by atoms with van der Waals surface area (Å²) in [4.78, 5) is 30.0. The Morgan fingerprint density at radius 1 is 1.21 bits per heavy atom. The molecule has 0 aromatic carbocycles. The lowest BCUT2D eigenvalue weighted by atomic mass is 9.49. The molecule has 0 spiro atoms. The molecule has 158 valence electrons. The predicted octanol–water partition coefficient (Wildman–Crippen LogP) is 2.80. The number of alkyl halides is 1. The zero-order valence-electron chi connectivity index (χ0n) is 17.0. The molecule has 1 saturated heterocycles. The summed E-state index contributed by atoms with van der Waals surface area (Å²) in [6.45, 7) is 5.00. The first-order chi connectivity index (χ1) is 13.8. The lowest BCUT2D eigenvalue weighted by Gasteiger charge is -2.60. The van der Waals surface area contributed by atoms with Gasteiger partial charge in [0, 0.05) is 36.6 Å². The smallest absolute Gasteiger partial charge is 0.239 e. The minimum atomic E-state index is -0.141. The number of halogens is 1. The first-order valence-electron chi connectivity index (χ1n) is 10.8. The third-order valence-electron chi connectivity index (χ3n) is 7.37. The van der Waals surface area contributed by atoms with Gasteiger partial charge in [-0.25, -0.2) is 0 Å². The summed E-state index contributed by atoms with van der Waals surface area (Å²) < 4.78 is 5.18. The number of carbonyl (C=O) groups is 2. The van der Waals surface area contributed by atoms with Gasteiger partial charge in [0.05, 0.1) is 12.0 Å². The van der Waals surface area contributed by atoms with Crippen molar-refractivity contribution in [1.29, 1.82) is 0 Å². The Morgan fingerprint density at radius 2 is 1.90 bits per heavy atom. The lowest BCUT2D eigenvalue weighted by Crippen LogP contribution is -2.61. The monoisotopic (exact) mass is 464 g/mol. The quantitative estimate of drug-likeness (QED) is 0.692. The van der Waals surface area contributed by atoms with Crippen LogP contribution in [-0.2, 0) is 9.59 Å². The average Bonchev–Trinajstić information content (AvgIpc) is 3.04. The first-order valence-corrected chi connectivity index (χ1v) is 11.6. The number of aromatic nitrogens is 1. The van der Waals surface area contributed by atoms with E-state index in [2.05, 4.69) is 36.2 Å². The van der Waals surface area contributed by atoms with Gasteiger partial charge in [-0.3, -0.25) is 14.5 Å². The molecule has 0 radical (unpaired) electrons. The minimum absolute atomic E-state index is 0.0969. The molecule has 2 unspecified atom stereocenters. The van der Waals surface area contributed by atoms with E-state index < -0.39 is 0 Å². The Labute approximate surface area is 179 Å². The van der Waals surface area contributed by atoms with Gasteiger partial charge in [0.25, 0.3) is 0 Å². The van der Waals surface area contributed by atoms with Crippen LogP contribution in [0.15, 0.2) is 10.6 Å². The Bertz CT molecular complexity index is 803. The highest BCUT2D eigenvalue weighted by molar-refractivity contribution is 9.10. The second kappa shape index (κ2) is 7.08. The minimum Gasteiger partial charge on any atom is -0.360 e. The molecule has 1 aromatic rings. The lowest BCUT2D eigenvalue weighted by molar-refractivity contribution is -0.157. The number of anilines is 1. The summed E-state index contributed by atoms with van der Waals surface area (Å²) in [7, 11) is 0. The molecule has 1 N–H and O–H groups in total. The predicted molar refractivity (Wildman–Crippen MR) is 112 cm³/mol. The Kier molecular flexibility index (Phi) is 4.77. The van der Waals surface area contributed by atoms with Crippen molar-refractivity contribution >= 4 is 33.6 Å². The second-order valence-electron chi connectivity index (χ2n) is 9.83. The van der Waals surface area contributed by atoms with Gasteiger partial charge in [0.2, 0.25) is 11.8 Å². The summed E-state index contributed by atoms with van der Waals surface area (Å²) in [6, 6.07) is 1.70. The fourth-order valence-corrected chi connectivity index (χ4v) is 8.11. The van der Waals surface area contributed by atoms with Crippen molar-refractivity contribution in [3.8, 4) is 0 Å². The van der Waals surface area contributed by atoms with Crippen LogP contribution in [0.4, 0.5) is 5.82 Å². The molecule has 7 nitrogen and oxygen atoms in total. The van der Waals surface area contributed by atoms with E-state index in [0.29, 0.717) is 49.0 Å². The molecule has 4 aliphatic carbocycles. The van der Waals surface area contributed by atoms with Crippen molar-refractivity contribution in [1.82, 2.24) is 15.0 Å². The average molecular weight is 465 g/mol. The molecule has 1 aromatic heterocycles. The van der Waals surface area contributed by atoms with Crippen LogP contribution in [0.3, 0.4) is 0 Å². The zero-order chi connectivity index (χ0) is 20.2. The van der Waals surface area contributed by atoms with Crippen LogP contribution in [0, 0.1) is 24.2 Å². The molecule has 8 heteroatoms. The standard InChI is InChI=1S/C21H29BrN4O3/c1-14-6-17(24-29-14)23-18(27)12-25-2-4-26(5-3-25)19(28)20-8-15-7-16(9-20)11-21(22,10-15)13-20/h6,15-16H,2-5,7-13H2,1H3,(H,23,24,27). The molecule has 29 heavy (non-hydrogen) atoms. The van der Waals surface area contributed by atoms with Gasteiger partial charge in [0.1, 0.15) is 5.76 Å². The number of aryl methyl sites for hydroxylation is 1. The molecule has 2 heterocycles. The van der Waals surface area contributed by atoms with E-state index in [1.165, 1.54) is 19.3 Å². The van der Waals surface area contributed by atoms with Gasteiger partial charge in [0.15, 0.2) is 5.82 Å².